The Balaban J connectivity index is 1.72. The largest absolute Gasteiger partial charge is 0.309 e. The summed E-state index contributed by atoms with van der Waals surface area (Å²) in [6.07, 6.45) is 1.82. The smallest absolute Gasteiger partial charge is 0.234 e. The Labute approximate surface area is 157 Å². The van der Waals surface area contributed by atoms with Gasteiger partial charge in [-0.25, -0.2) is 4.68 Å². The zero-order valence-corrected chi connectivity index (χ0v) is 16.0. The molecule has 3 aromatic rings. The third kappa shape index (κ3) is 3.96. The lowest BCUT2D eigenvalue weighted by molar-refractivity contribution is -0.117. The molecule has 2 heterocycles. The molecule has 1 amide bonds. The molecular weight excluding hydrogens is 350 g/mol. The number of benzene rings is 1. The number of carbonyl (C=O) groups is 1. The van der Waals surface area contributed by atoms with Crippen molar-refractivity contribution in [3.8, 4) is 5.69 Å². The van der Waals surface area contributed by atoms with Crippen molar-refractivity contribution in [3.05, 3.63) is 59.0 Å². The summed E-state index contributed by atoms with van der Waals surface area (Å²) in [5.74, 6) is -0.0560. The highest BCUT2D eigenvalue weighted by molar-refractivity contribution is 6.30. The van der Waals surface area contributed by atoms with Gasteiger partial charge in [0.2, 0.25) is 5.91 Å². The molecule has 0 bridgehead atoms. The minimum Gasteiger partial charge on any atom is -0.309 e. The van der Waals surface area contributed by atoms with Gasteiger partial charge < -0.3 is 5.32 Å². The number of rotatable bonds is 4. The number of nitrogens with one attached hydrogen (secondary N) is 2. The molecule has 2 N–H and O–H groups in total. The monoisotopic (exact) mass is 371 g/mol. The SMILES string of the molecule is C[C@@H](C(=O)Nc1cc(C(C)(C)C)[nH]n1)c1ccn(-c2cccc(Cl)c2)n1. The molecule has 26 heavy (non-hydrogen) atoms. The molecular formula is C19H22ClN5O. The average Bonchev–Trinajstić information content (AvgIpc) is 3.23. The van der Waals surface area contributed by atoms with Crippen LogP contribution in [0, 0.1) is 0 Å². The quantitative estimate of drug-likeness (QED) is 0.718. The van der Waals surface area contributed by atoms with Crippen LogP contribution < -0.4 is 5.32 Å². The normalized spacial score (nSPS) is 12.8. The van der Waals surface area contributed by atoms with Crippen molar-refractivity contribution < 1.29 is 4.79 Å². The van der Waals surface area contributed by atoms with Crippen LogP contribution in [0.15, 0.2) is 42.6 Å². The maximum Gasteiger partial charge on any atom is 0.234 e. The summed E-state index contributed by atoms with van der Waals surface area (Å²) in [5, 5.41) is 15.1. The van der Waals surface area contributed by atoms with Crippen molar-refractivity contribution in [1.29, 1.82) is 0 Å². The maximum absolute atomic E-state index is 12.5. The predicted octanol–water partition coefficient (Wildman–Crippen LogP) is 4.29. The molecule has 0 spiro atoms. The van der Waals surface area contributed by atoms with Crippen molar-refractivity contribution >= 4 is 23.3 Å². The molecule has 0 radical (unpaired) electrons. The molecule has 0 aliphatic carbocycles. The fraction of sp³-hybridized carbons (Fsp3) is 0.316. The van der Waals surface area contributed by atoms with Crippen molar-refractivity contribution in [3.63, 3.8) is 0 Å². The van der Waals surface area contributed by atoms with E-state index in [9.17, 15) is 4.79 Å². The van der Waals surface area contributed by atoms with Gasteiger partial charge in [-0.3, -0.25) is 9.89 Å². The van der Waals surface area contributed by atoms with Gasteiger partial charge in [-0.2, -0.15) is 10.2 Å². The van der Waals surface area contributed by atoms with Gasteiger partial charge in [0.25, 0.3) is 0 Å². The molecule has 0 aliphatic rings. The lowest BCUT2D eigenvalue weighted by Crippen LogP contribution is -2.19. The molecule has 0 saturated carbocycles. The molecule has 0 saturated heterocycles. The van der Waals surface area contributed by atoms with E-state index in [0.29, 0.717) is 16.5 Å². The summed E-state index contributed by atoms with van der Waals surface area (Å²) >= 11 is 6.02. The first kappa shape index (κ1) is 18.2. The third-order valence-corrected chi connectivity index (χ3v) is 4.39. The molecule has 3 rings (SSSR count). The van der Waals surface area contributed by atoms with E-state index in [1.54, 1.807) is 10.7 Å². The van der Waals surface area contributed by atoms with Crippen LogP contribution >= 0.6 is 11.6 Å². The fourth-order valence-electron chi connectivity index (χ4n) is 2.47. The van der Waals surface area contributed by atoms with Gasteiger partial charge in [-0.15, -0.1) is 0 Å². The number of carbonyl (C=O) groups excluding carboxylic acids is 1. The molecule has 0 fully saturated rings. The number of aromatic amines is 1. The minimum absolute atomic E-state index is 0.0582. The van der Waals surface area contributed by atoms with Crippen LogP contribution in [0.1, 0.15) is 45.0 Å². The second kappa shape index (κ2) is 6.96. The van der Waals surface area contributed by atoms with Gasteiger partial charge in [0, 0.05) is 28.4 Å². The Morgan fingerprint density at radius 2 is 2.04 bits per heavy atom. The summed E-state index contributed by atoms with van der Waals surface area (Å²) in [5.41, 5.74) is 2.43. The molecule has 1 aromatic carbocycles. The zero-order chi connectivity index (χ0) is 18.9. The Morgan fingerprint density at radius 1 is 1.27 bits per heavy atom. The summed E-state index contributed by atoms with van der Waals surface area (Å²) in [4.78, 5) is 12.5. The first-order chi connectivity index (χ1) is 12.2. The van der Waals surface area contributed by atoms with E-state index >= 15 is 0 Å². The van der Waals surface area contributed by atoms with Gasteiger partial charge in [-0.05, 0) is 31.2 Å². The number of halogens is 1. The van der Waals surface area contributed by atoms with E-state index < -0.39 is 5.92 Å². The summed E-state index contributed by atoms with van der Waals surface area (Å²) < 4.78 is 1.71. The molecule has 136 valence electrons. The van der Waals surface area contributed by atoms with Gasteiger partial charge in [0.05, 0.1) is 17.3 Å². The van der Waals surface area contributed by atoms with Gasteiger partial charge in [-0.1, -0.05) is 38.4 Å². The highest BCUT2D eigenvalue weighted by Crippen LogP contribution is 2.23. The number of H-pyrrole nitrogens is 1. The zero-order valence-electron chi connectivity index (χ0n) is 15.2. The van der Waals surface area contributed by atoms with Crippen LogP contribution in [0.4, 0.5) is 5.82 Å². The van der Waals surface area contributed by atoms with Gasteiger partial charge >= 0.3 is 0 Å². The summed E-state index contributed by atoms with van der Waals surface area (Å²) in [6.45, 7) is 8.06. The Bertz CT molecular complexity index is 922. The van der Waals surface area contributed by atoms with Crippen LogP contribution in [-0.4, -0.2) is 25.9 Å². The number of anilines is 1. The third-order valence-electron chi connectivity index (χ3n) is 4.16. The molecule has 7 heteroatoms. The fourth-order valence-corrected chi connectivity index (χ4v) is 2.65. The van der Waals surface area contributed by atoms with Crippen molar-refractivity contribution in [1.82, 2.24) is 20.0 Å². The number of aromatic nitrogens is 4. The Morgan fingerprint density at radius 3 is 2.69 bits per heavy atom. The summed E-state index contributed by atoms with van der Waals surface area (Å²) in [6, 6.07) is 11.1. The van der Waals surface area contributed by atoms with E-state index in [0.717, 1.165) is 11.4 Å². The van der Waals surface area contributed by atoms with Gasteiger partial charge in [0.15, 0.2) is 5.82 Å². The van der Waals surface area contributed by atoms with Crippen LogP contribution in [0.5, 0.6) is 0 Å². The van der Waals surface area contributed by atoms with E-state index in [1.807, 2.05) is 43.5 Å². The van der Waals surface area contributed by atoms with E-state index in [2.05, 4.69) is 41.4 Å². The van der Waals surface area contributed by atoms with Crippen molar-refractivity contribution in [2.45, 2.75) is 39.0 Å². The number of hydrogen-bond donors (Lipinski definition) is 2. The maximum atomic E-state index is 12.5. The van der Waals surface area contributed by atoms with E-state index in [1.165, 1.54) is 0 Å². The van der Waals surface area contributed by atoms with Crippen LogP contribution in [0.25, 0.3) is 5.69 Å². The minimum atomic E-state index is -0.412. The Kier molecular flexibility index (Phi) is 4.87. The first-order valence-electron chi connectivity index (χ1n) is 8.42. The van der Waals surface area contributed by atoms with Crippen molar-refractivity contribution in [2.75, 3.05) is 5.32 Å². The topological polar surface area (TPSA) is 75.6 Å². The second-order valence-corrected chi connectivity index (χ2v) is 7.73. The number of nitrogens with zero attached hydrogens (tertiary/aromatic N) is 3. The molecule has 0 aliphatic heterocycles. The van der Waals surface area contributed by atoms with E-state index in [4.69, 9.17) is 11.6 Å². The van der Waals surface area contributed by atoms with Crippen LogP contribution in [0.3, 0.4) is 0 Å². The predicted molar refractivity (Wildman–Crippen MR) is 103 cm³/mol. The van der Waals surface area contributed by atoms with Crippen LogP contribution in [-0.2, 0) is 10.2 Å². The molecule has 6 nitrogen and oxygen atoms in total. The first-order valence-corrected chi connectivity index (χ1v) is 8.80. The molecule has 0 unspecified atom stereocenters. The lowest BCUT2D eigenvalue weighted by atomic mass is 9.92. The average molecular weight is 372 g/mol. The summed E-state index contributed by atoms with van der Waals surface area (Å²) in [7, 11) is 0. The molecule has 1 atom stereocenters. The second-order valence-electron chi connectivity index (χ2n) is 7.29. The highest BCUT2D eigenvalue weighted by Gasteiger charge is 2.21. The van der Waals surface area contributed by atoms with Crippen LogP contribution in [0.2, 0.25) is 5.02 Å². The lowest BCUT2D eigenvalue weighted by Gasteiger charge is -2.14. The Hall–Kier alpha value is -2.60. The van der Waals surface area contributed by atoms with Crippen molar-refractivity contribution in [2.24, 2.45) is 0 Å². The number of amides is 1. The number of hydrogen-bond acceptors (Lipinski definition) is 3. The highest BCUT2D eigenvalue weighted by atomic mass is 35.5. The van der Waals surface area contributed by atoms with Gasteiger partial charge in [0.1, 0.15) is 0 Å². The standard InChI is InChI=1S/C19H22ClN5O/c1-12(18(26)21-17-11-16(22-23-17)19(2,3)4)15-8-9-25(24-15)14-7-5-6-13(20)10-14/h5-12H,1-4H3,(H2,21,22,23,26)/t12-/m1/s1. The molecule has 2 aromatic heterocycles. The van der Waals surface area contributed by atoms with E-state index in [-0.39, 0.29) is 11.3 Å².